The number of carbonyl (C=O) groups is 1. The van der Waals surface area contributed by atoms with Crippen LogP contribution in [0.5, 0.6) is 0 Å². The van der Waals surface area contributed by atoms with Gasteiger partial charge in [-0.2, -0.15) is 5.26 Å². The van der Waals surface area contributed by atoms with Gasteiger partial charge in [-0.25, -0.2) is 0 Å². The smallest absolute Gasteiger partial charge is 0.234 e. The van der Waals surface area contributed by atoms with E-state index in [9.17, 15) is 4.79 Å². The van der Waals surface area contributed by atoms with Gasteiger partial charge in [-0.1, -0.05) is 6.42 Å². The Labute approximate surface area is 82.4 Å². The molecule has 1 N–H and O–H groups in total. The first-order chi connectivity index (χ1) is 6.74. The number of hydrogen-bond acceptors (Lipinski definition) is 3. The fraction of sp³-hybridized carbons (Fsp3) is 0.667. The first-order valence-electron chi connectivity index (χ1n) is 4.75. The molecule has 2 unspecified atom stereocenters. The molecule has 0 aromatic carbocycles. The number of rotatable bonds is 0. The van der Waals surface area contributed by atoms with Crippen molar-refractivity contribution in [2.75, 3.05) is 7.05 Å². The van der Waals surface area contributed by atoms with Gasteiger partial charge in [0.05, 0.1) is 5.92 Å². The van der Waals surface area contributed by atoms with Gasteiger partial charge in [0.2, 0.25) is 18.1 Å². The van der Waals surface area contributed by atoms with Gasteiger partial charge >= 0.3 is 0 Å². The summed E-state index contributed by atoms with van der Waals surface area (Å²) in [7, 11) is 1.65. The largest absolute Gasteiger partial charge is 0.351 e. The molecule has 0 spiro atoms. The van der Waals surface area contributed by atoms with Crippen LogP contribution in [-0.2, 0) is 4.79 Å². The molecule has 14 heavy (non-hydrogen) atoms. The predicted molar refractivity (Wildman–Crippen MR) is 50.1 cm³/mol. The average Bonchev–Trinajstić information content (AvgIpc) is 2.62. The van der Waals surface area contributed by atoms with Crippen LogP contribution in [0.25, 0.3) is 0 Å². The summed E-state index contributed by atoms with van der Waals surface area (Å²) < 4.78 is 0. The maximum absolute atomic E-state index is 11.8. The number of nitriles is 1. The van der Waals surface area contributed by atoms with Gasteiger partial charge < -0.3 is 5.32 Å². The molecular weight excluding hydrogens is 180 g/mol. The van der Waals surface area contributed by atoms with E-state index in [4.69, 9.17) is 5.26 Å². The Balaban J connectivity index is 2.24. The maximum Gasteiger partial charge on any atom is 0.234 e. The molecule has 0 radical (unpaired) electrons. The highest BCUT2D eigenvalue weighted by Crippen LogP contribution is 2.29. The molecule has 1 heterocycles. The van der Waals surface area contributed by atoms with Crippen molar-refractivity contribution < 1.29 is 4.79 Å². The summed E-state index contributed by atoms with van der Waals surface area (Å²) in [5.41, 5.74) is 0. The molecule has 5 nitrogen and oxygen atoms in total. The van der Waals surface area contributed by atoms with Crippen LogP contribution in [-0.4, -0.2) is 29.9 Å². The van der Waals surface area contributed by atoms with Crippen LogP contribution < -0.4 is 5.32 Å². The zero-order valence-electron chi connectivity index (χ0n) is 8.03. The normalized spacial score (nSPS) is 33.9. The molecule has 1 aliphatic carbocycles. The van der Waals surface area contributed by atoms with E-state index in [1.54, 1.807) is 13.2 Å². The number of carbonyl (C=O) groups excluding carboxylic acids is 1. The summed E-state index contributed by atoms with van der Waals surface area (Å²) in [5, 5.41) is 11.6. The highest BCUT2D eigenvalue weighted by molar-refractivity contribution is 6.01. The molecule has 1 aliphatic heterocycles. The molecular formula is C9H12N4O. The van der Waals surface area contributed by atoms with E-state index in [1.807, 2.05) is 0 Å². The summed E-state index contributed by atoms with van der Waals surface area (Å²) in [6, 6.07) is 0.186. The van der Waals surface area contributed by atoms with Crippen molar-refractivity contribution in [2.45, 2.75) is 25.3 Å². The number of nitrogens with one attached hydrogen (secondary N) is 1. The quantitative estimate of drug-likeness (QED) is 0.551. The first-order valence-corrected chi connectivity index (χ1v) is 4.75. The molecule has 0 aromatic rings. The van der Waals surface area contributed by atoms with Crippen molar-refractivity contribution >= 4 is 11.9 Å². The van der Waals surface area contributed by atoms with E-state index < -0.39 is 0 Å². The van der Waals surface area contributed by atoms with E-state index in [2.05, 4.69) is 10.3 Å². The molecule has 1 saturated heterocycles. The van der Waals surface area contributed by atoms with Crippen molar-refractivity contribution in [3.8, 4) is 6.19 Å². The van der Waals surface area contributed by atoms with Gasteiger partial charge in [0.1, 0.15) is 0 Å². The molecule has 0 aromatic heterocycles. The Morgan fingerprint density at radius 3 is 3.14 bits per heavy atom. The van der Waals surface area contributed by atoms with E-state index in [-0.39, 0.29) is 17.9 Å². The van der Waals surface area contributed by atoms with Crippen molar-refractivity contribution in [1.82, 2.24) is 10.2 Å². The number of hydrogen-bond donors (Lipinski definition) is 1. The maximum atomic E-state index is 11.8. The van der Waals surface area contributed by atoms with Gasteiger partial charge in [-0.3, -0.25) is 9.69 Å². The molecule has 2 fully saturated rings. The second-order valence-corrected chi connectivity index (χ2v) is 3.72. The fourth-order valence-corrected chi connectivity index (χ4v) is 2.20. The van der Waals surface area contributed by atoms with E-state index >= 15 is 0 Å². The second kappa shape index (κ2) is 3.29. The average molecular weight is 192 g/mol. The SMILES string of the molecule is CN1C(=O)C2CCCC2N/C1=N/C#N. The topological polar surface area (TPSA) is 68.5 Å². The molecule has 2 aliphatic rings. The van der Waals surface area contributed by atoms with E-state index in [0.29, 0.717) is 5.96 Å². The van der Waals surface area contributed by atoms with Crippen LogP contribution >= 0.6 is 0 Å². The number of fused-ring (bicyclic) bond motifs is 1. The third-order valence-corrected chi connectivity index (χ3v) is 2.95. The minimum atomic E-state index is 0.0812. The molecule has 0 bridgehead atoms. The van der Waals surface area contributed by atoms with Gasteiger partial charge in [-0.05, 0) is 12.8 Å². The lowest BCUT2D eigenvalue weighted by Crippen LogP contribution is -2.57. The third kappa shape index (κ3) is 1.23. The Morgan fingerprint density at radius 1 is 1.64 bits per heavy atom. The summed E-state index contributed by atoms with van der Waals surface area (Å²) in [4.78, 5) is 16.8. The van der Waals surface area contributed by atoms with Crippen LogP contribution in [0.4, 0.5) is 0 Å². The van der Waals surface area contributed by atoms with E-state index in [1.165, 1.54) is 4.90 Å². The van der Waals surface area contributed by atoms with Gasteiger partial charge in [-0.15, -0.1) is 4.99 Å². The fourth-order valence-electron chi connectivity index (χ4n) is 2.20. The number of amides is 1. The Bertz CT molecular complexity index is 330. The van der Waals surface area contributed by atoms with Crippen LogP contribution in [0.2, 0.25) is 0 Å². The zero-order valence-corrected chi connectivity index (χ0v) is 8.03. The molecule has 2 rings (SSSR count). The number of aliphatic imine (C=N–C) groups is 1. The second-order valence-electron chi connectivity index (χ2n) is 3.72. The summed E-state index contributed by atoms with van der Waals surface area (Å²) >= 11 is 0. The minimum absolute atomic E-state index is 0.0812. The van der Waals surface area contributed by atoms with Gasteiger partial charge in [0, 0.05) is 13.1 Å². The third-order valence-electron chi connectivity index (χ3n) is 2.95. The Morgan fingerprint density at radius 2 is 2.43 bits per heavy atom. The van der Waals surface area contributed by atoms with Gasteiger partial charge in [0.25, 0.3) is 0 Å². The van der Waals surface area contributed by atoms with Crippen LogP contribution in [0.15, 0.2) is 4.99 Å². The number of nitrogens with zero attached hydrogens (tertiary/aromatic N) is 3. The molecule has 5 heteroatoms. The van der Waals surface area contributed by atoms with Crippen LogP contribution in [0.1, 0.15) is 19.3 Å². The zero-order chi connectivity index (χ0) is 10.1. The number of guanidine groups is 1. The van der Waals surface area contributed by atoms with Crippen LogP contribution in [0.3, 0.4) is 0 Å². The Hall–Kier alpha value is -1.57. The lowest BCUT2D eigenvalue weighted by atomic mass is 10.00. The van der Waals surface area contributed by atoms with Crippen LogP contribution in [0, 0.1) is 17.4 Å². The van der Waals surface area contributed by atoms with Crippen molar-refractivity contribution in [1.29, 1.82) is 5.26 Å². The van der Waals surface area contributed by atoms with Gasteiger partial charge in [0.15, 0.2) is 0 Å². The molecule has 2 atom stereocenters. The lowest BCUT2D eigenvalue weighted by Gasteiger charge is -2.33. The minimum Gasteiger partial charge on any atom is -0.351 e. The summed E-state index contributed by atoms with van der Waals surface area (Å²) in [6.45, 7) is 0. The highest BCUT2D eigenvalue weighted by Gasteiger charge is 2.40. The van der Waals surface area contributed by atoms with E-state index in [0.717, 1.165) is 19.3 Å². The monoisotopic (exact) mass is 192 g/mol. The highest BCUT2D eigenvalue weighted by atomic mass is 16.2. The van der Waals surface area contributed by atoms with Crippen molar-refractivity contribution in [3.63, 3.8) is 0 Å². The van der Waals surface area contributed by atoms with Crippen molar-refractivity contribution in [3.05, 3.63) is 0 Å². The first kappa shape index (κ1) is 9.00. The predicted octanol–water partition coefficient (Wildman–Crippen LogP) is 0.0538. The van der Waals surface area contributed by atoms with Crippen molar-refractivity contribution in [2.24, 2.45) is 10.9 Å². The Kier molecular flexibility index (Phi) is 2.12. The summed E-state index contributed by atoms with van der Waals surface area (Å²) in [5.74, 6) is 0.554. The molecule has 1 saturated carbocycles. The summed E-state index contributed by atoms with van der Waals surface area (Å²) in [6.07, 6.45) is 4.71. The molecule has 74 valence electrons. The standard InChI is InChI=1S/C9H12N4O/c1-13-8(14)6-3-2-4-7(6)12-9(13)11-5-10/h6-7H,2-4H2,1H3,(H,11,12). The molecule has 1 amide bonds. The lowest BCUT2D eigenvalue weighted by molar-refractivity contribution is -0.132.